The topological polar surface area (TPSA) is 15.3 Å². The largest absolute Gasteiger partial charge is 0.315 e. The van der Waals surface area contributed by atoms with Crippen LogP contribution in [0.25, 0.3) is 0 Å². The molecular weight excluding hydrogens is 288 g/mol. The van der Waals surface area contributed by atoms with Crippen molar-refractivity contribution in [1.82, 2.24) is 10.2 Å². The van der Waals surface area contributed by atoms with Crippen molar-refractivity contribution < 1.29 is 0 Å². The Hall–Kier alpha value is -1.16. The molecule has 3 rings (SSSR count). The summed E-state index contributed by atoms with van der Waals surface area (Å²) in [6, 6.07) is 9.67. The molecule has 0 spiro atoms. The van der Waals surface area contributed by atoms with Crippen molar-refractivity contribution in [2.24, 2.45) is 0 Å². The Morgan fingerprint density at radius 2 is 1.82 bits per heavy atom. The van der Waals surface area contributed by atoms with Crippen LogP contribution >= 0.6 is 11.3 Å². The minimum Gasteiger partial charge on any atom is -0.315 e. The molecular formula is C19H26N2S. The van der Waals surface area contributed by atoms with E-state index in [1.807, 2.05) is 11.3 Å². The van der Waals surface area contributed by atoms with Gasteiger partial charge < -0.3 is 5.32 Å². The Kier molecular flexibility index (Phi) is 4.97. The van der Waals surface area contributed by atoms with E-state index in [0.717, 1.165) is 19.6 Å². The third-order valence-corrected chi connectivity index (χ3v) is 5.52. The summed E-state index contributed by atoms with van der Waals surface area (Å²) < 4.78 is 0. The van der Waals surface area contributed by atoms with Crippen LogP contribution in [0.4, 0.5) is 0 Å². The number of benzene rings is 1. The molecule has 1 aliphatic rings. The molecule has 1 aliphatic heterocycles. The molecule has 1 aromatic carbocycles. The van der Waals surface area contributed by atoms with Gasteiger partial charge in [0.15, 0.2) is 0 Å². The molecule has 1 fully saturated rings. The van der Waals surface area contributed by atoms with E-state index in [4.69, 9.17) is 0 Å². The lowest BCUT2D eigenvalue weighted by molar-refractivity contribution is 0.243. The molecule has 0 saturated carbocycles. The normalized spacial score (nSPS) is 18.1. The third kappa shape index (κ3) is 3.43. The predicted octanol–water partition coefficient (Wildman–Crippen LogP) is 4.06. The van der Waals surface area contributed by atoms with Crippen molar-refractivity contribution in [3.63, 3.8) is 0 Å². The van der Waals surface area contributed by atoms with Gasteiger partial charge in [-0.2, -0.15) is 0 Å². The number of thiophene rings is 1. The maximum absolute atomic E-state index is 3.53. The van der Waals surface area contributed by atoms with E-state index in [2.05, 4.69) is 60.6 Å². The molecule has 1 aromatic heterocycles. The molecule has 1 unspecified atom stereocenters. The molecule has 3 heteroatoms. The zero-order chi connectivity index (χ0) is 15.5. The highest BCUT2D eigenvalue weighted by atomic mass is 32.1. The lowest BCUT2D eigenvalue weighted by Crippen LogP contribution is -2.33. The van der Waals surface area contributed by atoms with Gasteiger partial charge in [0.05, 0.1) is 6.04 Å². The van der Waals surface area contributed by atoms with Gasteiger partial charge in [0, 0.05) is 24.5 Å². The predicted molar refractivity (Wildman–Crippen MR) is 95.9 cm³/mol. The second-order valence-electron chi connectivity index (χ2n) is 6.43. The molecule has 0 bridgehead atoms. The zero-order valence-corrected chi connectivity index (χ0v) is 14.7. The van der Waals surface area contributed by atoms with Crippen molar-refractivity contribution in [2.75, 3.05) is 26.2 Å². The van der Waals surface area contributed by atoms with E-state index in [0.29, 0.717) is 6.04 Å². The van der Waals surface area contributed by atoms with Gasteiger partial charge in [-0.1, -0.05) is 29.3 Å². The summed E-state index contributed by atoms with van der Waals surface area (Å²) in [5.74, 6) is 0. The van der Waals surface area contributed by atoms with E-state index in [1.54, 1.807) is 0 Å². The van der Waals surface area contributed by atoms with Gasteiger partial charge >= 0.3 is 0 Å². The van der Waals surface area contributed by atoms with Crippen LogP contribution in [0.2, 0.25) is 0 Å². The molecule has 0 aliphatic carbocycles. The Labute approximate surface area is 138 Å². The smallest absolute Gasteiger partial charge is 0.0699 e. The molecule has 0 radical (unpaired) electrons. The molecule has 1 atom stereocenters. The fraction of sp³-hybridized carbons (Fsp3) is 0.474. The van der Waals surface area contributed by atoms with Gasteiger partial charge in [0.2, 0.25) is 0 Å². The van der Waals surface area contributed by atoms with E-state index in [9.17, 15) is 0 Å². The zero-order valence-electron chi connectivity index (χ0n) is 13.9. The van der Waals surface area contributed by atoms with Gasteiger partial charge in [-0.15, -0.1) is 11.3 Å². The molecule has 0 amide bonds. The fourth-order valence-corrected chi connectivity index (χ4v) is 4.57. The van der Waals surface area contributed by atoms with Crippen molar-refractivity contribution in [2.45, 2.75) is 33.2 Å². The number of hydrogen-bond acceptors (Lipinski definition) is 3. The van der Waals surface area contributed by atoms with Crippen LogP contribution in [0.15, 0.2) is 29.6 Å². The van der Waals surface area contributed by atoms with Crippen LogP contribution in [0.3, 0.4) is 0 Å². The monoisotopic (exact) mass is 314 g/mol. The highest BCUT2D eigenvalue weighted by Crippen LogP contribution is 2.35. The van der Waals surface area contributed by atoms with E-state index < -0.39 is 0 Å². The summed E-state index contributed by atoms with van der Waals surface area (Å²) in [6.07, 6.45) is 1.23. The number of hydrogen-bond donors (Lipinski definition) is 1. The number of rotatable bonds is 3. The second kappa shape index (κ2) is 6.95. The third-order valence-electron chi connectivity index (χ3n) is 4.45. The van der Waals surface area contributed by atoms with Gasteiger partial charge in [-0.3, -0.25) is 4.90 Å². The first-order valence-electron chi connectivity index (χ1n) is 8.22. The molecule has 22 heavy (non-hydrogen) atoms. The Morgan fingerprint density at radius 3 is 2.50 bits per heavy atom. The maximum atomic E-state index is 3.53. The first kappa shape index (κ1) is 15.7. The molecule has 2 heterocycles. The average Bonchev–Trinajstić information content (AvgIpc) is 2.73. The van der Waals surface area contributed by atoms with Crippen LogP contribution < -0.4 is 5.32 Å². The molecule has 2 nitrogen and oxygen atoms in total. The summed E-state index contributed by atoms with van der Waals surface area (Å²) >= 11 is 1.90. The SMILES string of the molecule is Cc1cc(C)cc(C(c2sccc2C)N2CCCNCC2)c1. The molecule has 1 N–H and O–H groups in total. The summed E-state index contributed by atoms with van der Waals surface area (Å²) in [5.41, 5.74) is 5.60. The molecule has 118 valence electrons. The Balaban J connectivity index is 2.03. The van der Waals surface area contributed by atoms with Gasteiger partial charge in [-0.25, -0.2) is 0 Å². The van der Waals surface area contributed by atoms with E-state index >= 15 is 0 Å². The summed E-state index contributed by atoms with van der Waals surface area (Å²) in [4.78, 5) is 4.17. The minimum atomic E-state index is 0.401. The van der Waals surface area contributed by atoms with Gasteiger partial charge in [0.1, 0.15) is 0 Å². The summed E-state index contributed by atoms with van der Waals surface area (Å²) in [6.45, 7) is 11.2. The summed E-state index contributed by atoms with van der Waals surface area (Å²) in [5, 5.41) is 5.76. The highest BCUT2D eigenvalue weighted by molar-refractivity contribution is 7.10. The first-order valence-corrected chi connectivity index (χ1v) is 9.10. The maximum Gasteiger partial charge on any atom is 0.0699 e. The quantitative estimate of drug-likeness (QED) is 0.919. The van der Waals surface area contributed by atoms with Crippen molar-refractivity contribution in [1.29, 1.82) is 0 Å². The standard InChI is InChI=1S/C19H26N2S/c1-14-11-15(2)13-17(12-14)18(19-16(3)5-10-22-19)21-8-4-6-20-7-9-21/h5,10-13,18,20H,4,6-9H2,1-3H3. The highest BCUT2D eigenvalue weighted by Gasteiger charge is 2.25. The van der Waals surface area contributed by atoms with Crippen LogP contribution in [0.1, 0.15) is 39.6 Å². The Morgan fingerprint density at radius 1 is 1.05 bits per heavy atom. The lowest BCUT2D eigenvalue weighted by Gasteiger charge is -2.31. The number of nitrogens with zero attached hydrogens (tertiary/aromatic N) is 1. The van der Waals surface area contributed by atoms with Crippen LogP contribution in [-0.4, -0.2) is 31.1 Å². The second-order valence-corrected chi connectivity index (χ2v) is 7.38. The first-order chi connectivity index (χ1) is 10.6. The molecule has 2 aromatic rings. The fourth-order valence-electron chi connectivity index (χ4n) is 3.49. The van der Waals surface area contributed by atoms with Gasteiger partial charge in [-0.05, 0) is 56.3 Å². The Bertz CT molecular complexity index is 604. The number of nitrogens with one attached hydrogen (secondary N) is 1. The van der Waals surface area contributed by atoms with Crippen molar-refractivity contribution in [3.05, 3.63) is 56.8 Å². The van der Waals surface area contributed by atoms with E-state index in [1.165, 1.54) is 40.1 Å². The summed E-state index contributed by atoms with van der Waals surface area (Å²) in [7, 11) is 0. The van der Waals surface area contributed by atoms with E-state index in [-0.39, 0.29) is 0 Å². The number of aryl methyl sites for hydroxylation is 3. The van der Waals surface area contributed by atoms with Crippen LogP contribution in [0, 0.1) is 20.8 Å². The van der Waals surface area contributed by atoms with Crippen LogP contribution in [0.5, 0.6) is 0 Å². The minimum absolute atomic E-state index is 0.401. The van der Waals surface area contributed by atoms with Gasteiger partial charge in [0.25, 0.3) is 0 Å². The van der Waals surface area contributed by atoms with Crippen LogP contribution in [-0.2, 0) is 0 Å². The van der Waals surface area contributed by atoms with Crippen molar-refractivity contribution >= 4 is 11.3 Å². The molecule has 1 saturated heterocycles. The van der Waals surface area contributed by atoms with Crippen molar-refractivity contribution in [3.8, 4) is 0 Å². The lowest BCUT2D eigenvalue weighted by atomic mass is 9.97. The average molecular weight is 314 g/mol.